The Labute approximate surface area is 283 Å². The van der Waals surface area contributed by atoms with Gasteiger partial charge in [0.1, 0.15) is 12.1 Å². The van der Waals surface area contributed by atoms with Gasteiger partial charge in [0.2, 0.25) is 11.8 Å². The van der Waals surface area contributed by atoms with E-state index >= 15 is 0 Å². The molecule has 1 spiro atoms. The summed E-state index contributed by atoms with van der Waals surface area (Å²) in [5.74, 6) is 1.35. The summed E-state index contributed by atoms with van der Waals surface area (Å²) in [6, 6.07) is 16.0. The van der Waals surface area contributed by atoms with Crippen molar-refractivity contribution in [1.29, 1.82) is 0 Å². The van der Waals surface area contributed by atoms with Gasteiger partial charge in [0.05, 0.1) is 47.5 Å². The zero-order valence-corrected chi connectivity index (χ0v) is 27.7. The van der Waals surface area contributed by atoms with E-state index in [1.54, 1.807) is 14.2 Å². The highest BCUT2D eigenvalue weighted by Crippen LogP contribution is 2.43. The number of hydrogen-bond acceptors (Lipinski definition) is 9. The Morgan fingerprint density at radius 3 is 2.47 bits per heavy atom. The second-order valence-electron chi connectivity index (χ2n) is 12.6. The molecule has 1 saturated carbocycles. The van der Waals surface area contributed by atoms with Crippen LogP contribution in [-0.4, -0.2) is 71.5 Å². The van der Waals surface area contributed by atoms with Crippen LogP contribution in [0.25, 0.3) is 33.8 Å². The van der Waals surface area contributed by atoms with Crippen LogP contribution in [-0.2, 0) is 17.8 Å². The fourth-order valence-corrected chi connectivity index (χ4v) is 7.43. The predicted molar refractivity (Wildman–Crippen MR) is 181 cm³/mol. The Morgan fingerprint density at radius 2 is 1.77 bits per heavy atom. The highest BCUT2D eigenvalue weighted by molar-refractivity contribution is 6.38. The Balaban J connectivity index is 1.14. The number of benzene rings is 2. The van der Waals surface area contributed by atoms with Gasteiger partial charge in [-0.15, -0.1) is 0 Å². The quantitative estimate of drug-likeness (QED) is 0.187. The lowest BCUT2D eigenvalue weighted by atomic mass is 9.70. The summed E-state index contributed by atoms with van der Waals surface area (Å²) in [5, 5.41) is 20.3. The SMILES string of the molecule is COc1cc(-c2ncnc(-c3cccc(-c4ccc(CNC5CC(O)C5)c(OC)n4)c3Cl)c2Cl)ccc1CC1NCC12CNC(=O)C2. The Bertz CT molecular complexity index is 1830. The van der Waals surface area contributed by atoms with E-state index in [9.17, 15) is 9.90 Å². The second kappa shape index (κ2) is 13.0. The van der Waals surface area contributed by atoms with Crippen molar-refractivity contribution in [2.45, 2.75) is 50.4 Å². The van der Waals surface area contributed by atoms with Crippen molar-refractivity contribution in [2.75, 3.05) is 27.3 Å². The number of rotatable bonds is 10. The molecule has 1 aliphatic carbocycles. The maximum Gasteiger partial charge on any atom is 0.220 e. The van der Waals surface area contributed by atoms with Crippen LogP contribution in [0.4, 0.5) is 0 Å². The summed E-state index contributed by atoms with van der Waals surface area (Å²) in [5.41, 5.74) is 5.79. The summed E-state index contributed by atoms with van der Waals surface area (Å²) in [7, 11) is 3.25. The van der Waals surface area contributed by atoms with Gasteiger partial charge in [0, 0.05) is 65.8 Å². The van der Waals surface area contributed by atoms with E-state index in [1.165, 1.54) is 6.33 Å². The van der Waals surface area contributed by atoms with Gasteiger partial charge in [-0.3, -0.25) is 4.79 Å². The van der Waals surface area contributed by atoms with E-state index in [4.69, 9.17) is 37.7 Å². The van der Waals surface area contributed by atoms with Gasteiger partial charge in [-0.1, -0.05) is 59.6 Å². The zero-order chi connectivity index (χ0) is 32.7. The van der Waals surface area contributed by atoms with Crippen LogP contribution in [0.15, 0.2) is 54.9 Å². The van der Waals surface area contributed by atoms with Crippen LogP contribution in [0.2, 0.25) is 10.0 Å². The van der Waals surface area contributed by atoms with E-state index in [2.05, 4.69) is 25.9 Å². The first-order valence-corrected chi connectivity index (χ1v) is 16.5. The number of nitrogens with zero attached hydrogens (tertiary/aromatic N) is 3. The Morgan fingerprint density at radius 1 is 0.979 bits per heavy atom. The van der Waals surface area contributed by atoms with Crippen molar-refractivity contribution in [3.05, 3.63) is 76.0 Å². The van der Waals surface area contributed by atoms with Crippen molar-refractivity contribution in [3.63, 3.8) is 0 Å². The van der Waals surface area contributed by atoms with Crippen molar-refractivity contribution in [3.8, 4) is 45.4 Å². The minimum Gasteiger partial charge on any atom is -0.496 e. The largest absolute Gasteiger partial charge is 0.496 e. The molecule has 244 valence electrons. The highest BCUT2D eigenvalue weighted by Gasteiger charge is 2.51. The zero-order valence-electron chi connectivity index (χ0n) is 26.1. The highest BCUT2D eigenvalue weighted by atomic mass is 35.5. The molecule has 12 heteroatoms. The average Bonchev–Trinajstić information content (AvgIpc) is 3.49. The van der Waals surface area contributed by atoms with E-state index < -0.39 is 0 Å². The smallest absolute Gasteiger partial charge is 0.220 e. The molecule has 4 aromatic rings. The topological polar surface area (TPSA) is 131 Å². The van der Waals surface area contributed by atoms with Gasteiger partial charge in [-0.2, -0.15) is 0 Å². The van der Waals surface area contributed by atoms with Crippen molar-refractivity contribution >= 4 is 29.1 Å². The van der Waals surface area contributed by atoms with E-state index in [0.29, 0.717) is 69.7 Å². The second-order valence-corrected chi connectivity index (χ2v) is 13.4. The molecule has 2 atom stereocenters. The monoisotopic (exact) mass is 674 g/mol. The lowest BCUT2D eigenvalue weighted by molar-refractivity contribution is -0.120. The van der Waals surface area contributed by atoms with E-state index in [1.807, 2.05) is 48.5 Å². The summed E-state index contributed by atoms with van der Waals surface area (Å²) >= 11 is 14.1. The van der Waals surface area contributed by atoms with Gasteiger partial charge in [0.25, 0.3) is 0 Å². The molecular formula is C35H36Cl2N6O4. The molecule has 0 radical (unpaired) electrons. The number of hydrogen-bond donors (Lipinski definition) is 4. The minimum atomic E-state index is -0.219. The lowest BCUT2D eigenvalue weighted by Crippen LogP contribution is -2.64. The van der Waals surface area contributed by atoms with Crippen LogP contribution in [0.5, 0.6) is 11.6 Å². The average molecular weight is 676 g/mol. The Hall–Kier alpha value is -3.80. The first kappa shape index (κ1) is 31.8. The number of ether oxygens (including phenoxy) is 2. The number of amides is 1. The molecule has 7 rings (SSSR count). The fourth-order valence-electron chi connectivity index (χ4n) is 6.81. The number of halogens is 2. The molecule has 47 heavy (non-hydrogen) atoms. The van der Waals surface area contributed by atoms with Crippen LogP contribution < -0.4 is 25.4 Å². The number of aromatic nitrogens is 3. The number of pyridine rings is 1. The lowest BCUT2D eigenvalue weighted by Gasteiger charge is -2.47. The summed E-state index contributed by atoms with van der Waals surface area (Å²) in [6.07, 6.45) is 4.06. The van der Waals surface area contributed by atoms with Gasteiger partial charge in [-0.05, 0) is 37.0 Å². The number of aliphatic hydroxyl groups is 1. The molecule has 2 aliphatic heterocycles. The third-order valence-electron chi connectivity index (χ3n) is 9.72. The van der Waals surface area contributed by atoms with Crippen molar-refractivity contribution < 1.29 is 19.4 Å². The molecule has 2 aromatic heterocycles. The van der Waals surface area contributed by atoms with Crippen LogP contribution in [0, 0.1) is 5.41 Å². The number of aliphatic hydroxyl groups excluding tert-OH is 1. The molecule has 3 aliphatic rings. The third-order valence-corrected chi connectivity index (χ3v) is 10.5. The summed E-state index contributed by atoms with van der Waals surface area (Å²) in [6.45, 7) is 2.12. The van der Waals surface area contributed by atoms with Crippen molar-refractivity contribution in [1.82, 2.24) is 30.9 Å². The van der Waals surface area contributed by atoms with E-state index in [0.717, 1.165) is 48.2 Å². The normalized spacial score (nSPS) is 23.3. The van der Waals surface area contributed by atoms with Crippen molar-refractivity contribution in [2.24, 2.45) is 5.41 Å². The molecule has 2 unspecified atom stereocenters. The summed E-state index contributed by atoms with van der Waals surface area (Å²) in [4.78, 5) is 25.8. The standard InChI is InChI=1S/C35H36Cl2N6O4/c1-46-27-10-20(7-6-19(27)11-28-35(16-39-28)14-29(45)40-17-35)32-31(37)33(42-18-41-32)25-5-3-4-24(30(25)36)26-9-8-21(34(43-26)47-2)15-38-22-12-23(44)13-22/h3-10,18,22-23,28,38-39,44H,11-17H2,1-2H3,(H,40,45). The van der Waals surface area contributed by atoms with E-state index in [-0.39, 0.29) is 23.5 Å². The van der Waals surface area contributed by atoms with Gasteiger partial charge >= 0.3 is 0 Å². The van der Waals surface area contributed by atoms with Gasteiger partial charge in [0.15, 0.2) is 0 Å². The summed E-state index contributed by atoms with van der Waals surface area (Å²) < 4.78 is 11.4. The number of nitrogens with one attached hydrogen (secondary N) is 3. The molecular weight excluding hydrogens is 639 g/mol. The maximum atomic E-state index is 11.9. The van der Waals surface area contributed by atoms with Crippen LogP contribution >= 0.6 is 23.2 Å². The molecule has 2 aromatic carbocycles. The molecule has 2 saturated heterocycles. The molecule has 1 amide bonds. The predicted octanol–water partition coefficient (Wildman–Crippen LogP) is 4.83. The molecule has 4 N–H and O–H groups in total. The fraction of sp³-hybridized carbons (Fsp3) is 0.371. The number of carbonyl (C=O) groups is 1. The first-order valence-electron chi connectivity index (χ1n) is 15.7. The number of carbonyl (C=O) groups excluding carboxylic acids is 1. The van der Waals surface area contributed by atoms with Crippen LogP contribution in [0.1, 0.15) is 30.4 Å². The molecule has 10 nitrogen and oxygen atoms in total. The van der Waals surface area contributed by atoms with Gasteiger partial charge < -0.3 is 30.5 Å². The minimum absolute atomic E-state index is 0.0415. The molecule has 3 fully saturated rings. The number of methoxy groups -OCH3 is 2. The molecule has 0 bridgehead atoms. The third kappa shape index (κ3) is 6.05. The Kier molecular flexibility index (Phi) is 8.80. The van der Waals surface area contributed by atoms with Gasteiger partial charge in [-0.25, -0.2) is 15.0 Å². The first-order chi connectivity index (χ1) is 22.8. The maximum absolute atomic E-state index is 11.9. The van der Waals surface area contributed by atoms with Crippen LogP contribution in [0.3, 0.4) is 0 Å². The molecule has 4 heterocycles.